The minimum absolute atomic E-state index is 0.0169. The van der Waals surface area contributed by atoms with Crippen LogP contribution in [0.5, 0.6) is 0 Å². The molecule has 0 aliphatic carbocycles. The predicted molar refractivity (Wildman–Crippen MR) is 89.2 cm³/mol. The van der Waals surface area contributed by atoms with Crippen molar-refractivity contribution in [1.29, 1.82) is 0 Å². The zero-order valence-corrected chi connectivity index (χ0v) is 14.0. The summed E-state index contributed by atoms with van der Waals surface area (Å²) in [5.74, 6) is -1.58. The van der Waals surface area contributed by atoms with Gasteiger partial charge in [-0.05, 0) is 42.5 Å². The fraction of sp³-hybridized carbons (Fsp3) is 0.118. The average molecular weight is 391 g/mol. The number of benzene rings is 2. The number of rotatable bonds is 4. The molecule has 1 aliphatic heterocycles. The fourth-order valence-corrected chi connectivity index (χ4v) is 2.80. The Morgan fingerprint density at radius 3 is 2.42 bits per heavy atom. The molecule has 0 spiro atoms. The monoisotopic (exact) mass is 390 g/mol. The van der Waals surface area contributed by atoms with Crippen molar-refractivity contribution in [1.82, 2.24) is 4.90 Å². The summed E-state index contributed by atoms with van der Waals surface area (Å²) in [6.45, 7) is -0.0169. The molecule has 0 saturated carbocycles. The maximum atomic E-state index is 12.8. The molecule has 0 aromatic heterocycles. The molecule has 2 aromatic rings. The second kappa shape index (κ2) is 6.52. The lowest BCUT2D eigenvalue weighted by atomic mass is 10.1. The highest BCUT2D eigenvalue weighted by molar-refractivity contribution is 9.10. The van der Waals surface area contributed by atoms with Crippen LogP contribution in [0, 0.1) is 5.82 Å². The number of carbonyl (C=O) groups excluding carboxylic acids is 3. The van der Waals surface area contributed by atoms with Crippen molar-refractivity contribution < 1.29 is 18.8 Å². The van der Waals surface area contributed by atoms with Gasteiger partial charge in [-0.25, -0.2) is 4.39 Å². The van der Waals surface area contributed by atoms with Gasteiger partial charge in [0.1, 0.15) is 5.82 Å². The molecule has 122 valence electrons. The van der Waals surface area contributed by atoms with Crippen molar-refractivity contribution in [3.05, 3.63) is 63.9 Å². The number of anilines is 1. The maximum absolute atomic E-state index is 12.8. The summed E-state index contributed by atoms with van der Waals surface area (Å²) in [5, 5.41) is 2.59. The molecule has 3 rings (SSSR count). The van der Waals surface area contributed by atoms with Crippen molar-refractivity contribution in [2.24, 2.45) is 0 Å². The van der Waals surface area contributed by atoms with Gasteiger partial charge in [-0.1, -0.05) is 15.9 Å². The van der Waals surface area contributed by atoms with E-state index in [1.54, 1.807) is 18.2 Å². The van der Waals surface area contributed by atoms with Crippen molar-refractivity contribution in [2.45, 2.75) is 6.42 Å². The molecule has 7 heteroatoms. The van der Waals surface area contributed by atoms with E-state index in [1.165, 1.54) is 24.3 Å². The van der Waals surface area contributed by atoms with Gasteiger partial charge in [0.05, 0.1) is 11.1 Å². The van der Waals surface area contributed by atoms with E-state index in [2.05, 4.69) is 21.2 Å². The molecule has 1 heterocycles. The first-order valence-corrected chi connectivity index (χ1v) is 7.96. The molecular weight excluding hydrogens is 379 g/mol. The number of halogens is 2. The molecule has 5 nitrogen and oxygen atoms in total. The minimum atomic E-state index is -0.411. The third-order valence-electron chi connectivity index (χ3n) is 3.62. The Balaban J connectivity index is 1.63. The van der Waals surface area contributed by atoms with Gasteiger partial charge < -0.3 is 5.32 Å². The quantitative estimate of drug-likeness (QED) is 0.815. The summed E-state index contributed by atoms with van der Waals surface area (Å²) in [6.07, 6.45) is -0.0377. The summed E-state index contributed by atoms with van der Waals surface area (Å²) < 4.78 is 13.5. The molecular formula is C17H12BrFN2O3. The molecule has 0 atom stereocenters. The molecule has 1 aliphatic rings. The van der Waals surface area contributed by atoms with Crippen molar-refractivity contribution >= 4 is 39.3 Å². The van der Waals surface area contributed by atoms with Gasteiger partial charge in [0, 0.05) is 23.1 Å². The minimum Gasteiger partial charge on any atom is -0.326 e. The standard InChI is InChI=1S/C17H12BrFN2O3/c18-10-1-6-13-14(9-10)17(24)21(16(13)23)8-7-15(22)20-12-4-2-11(19)3-5-12/h1-6,9H,7-8H2,(H,20,22). The predicted octanol–water partition coefficient (Wildman–Crippen LogP) is 3.21. The van der Waals surface area contributed by atoms with Gasteiger partial charge in [-0.3, -0.25) is 19.3 Å². The van der Waals surface area contributed by atoms with Crippen LogP contribution in [-0.4, -0.2) is 29.2 Å². The summed E-state index contributed by atoms with van der Waals surface area (Å²) in [6, 6.07) is 10.2. The Morgan fingerprint density at radius 1 is 1.04 bits per heavy atom. The highest BCUT2D eigenvalue weighted by Crippen LogP contribution is 2.26. The summed E-state index contributed by atoms with van der Waals surface area (Å²) in [4.78, 5) is 37.5. The van der Waals surface area contributed by atoms with Gasteiger partial charge in [0.2, 0.25) is 5.91 Å². The van der Waals surface area contributed by atoms with Crippen LogP contribution in [-0.2, 0) is 4.79 Å². The lowest BCUT2D eigenvalue weighted by Gasteiger charge is -2.13. The molecule has 1 N–H and O–H groups in total. The maximum Gasteiger partial charge on any atom is 0.261 e. The van der Waals surface area contributed by atoms with Gasteiger partial charge in [-0.15, -0.1) is 0 Å². The number of amides is 3. The largest absolute Gasteiger partial charge is 0.326 e. The summed E-state index contributed by atoms with van der Waals surface area (Å²) in [7, 11) is 0. The normalized spacial score (nSPS) is 13.2. The van der Waals surface area contributed by atoms with Crippen LogP contribution < -0.4 is 5.32 Å². The number of hydrogen-bond donors (Lipinski definition) is 1. The molecule has 2 aromatic carbocycles. The average Bonchev–Trinajstić information content (AvgIpc) is 2.78. The van der Waals surface area contributed by atoms with E-state index in [4.69, 9.17) is 0 Å². The number of fused-ring (bicyclic) bond motifs is 1. The summed E-state index contributed by atoms with van der Waals surface area (Å²) in [5.41, 5.74) is 1.11. The van der Waals surface area contributed by atoms with E-state index < -0.39 is 17.6 Å². The van der Waals surface area contributed by atoms with Crippen LogP contribution >= 0.6 is 15.9 Å². The zero-order chi connectivity index (χ0) is 17.3. The van der Waals surface area contributed by atoms with E-state index in [0.29, 0.717) is 21.3 Å². The van der Waals surface area contributed by atoms with Gasteiger partial charge in [0.25, 0.3) is 11.8 Å². The van der Waals surface area contributed by atoms with Crippen LogP contribution in [0.4, 0.5) is 10.1 Å². The lowest BCUT2D eigenvalue weighted by molar-refractivity contribution is -0.116. The highest BCUT2D eigenvalue weighted by atomic mass is 79.9. The molecule has 0 saturated heterocycles. The number of imide groups is 1. The smallest absolute Gasteiger partial charge is 0.261 e. The van der Waals surface area contributed by atoms with Crippen LogP contribution in [0.3, 0.4) is 0 Å². The molecule has 0 fully saturated rings. The Labute approximate surface area is 145 Å². The highest BCUT2D eigenvalue weighted by Gasteiger charge is 2.35. The number of carbonyl (C=O) groups is 3. The van der Waals surface area contributed by atoms with Crippen LogP contribution in [0.25, 0.3) is 0 Å². The van der Waals surface area contributed by atoms with Gasteiger partial charge in [-0.2, -0.15) is 0 Å². The first-order chi connectivity index (χ1) is 11.5. The Morgan fingerprint density at radius 2 is 1.71 bits per heavy atom. The fourth-order valence-electron chi connectivity index (χ4n) is 2.44. The van der Waals surface area contributed by atoms with Crippen molar-refractivity contribution in [2.75, 3.05) is 11.9 Å². The first-order valence-electron chi connectivity index (χ1n) is 7.17. The molecule has 0 bridgehead atoms. The molecule has 0 radical (unpaired) electrons. The van der Waals surface area contributed by atoms with Crippen molar-refractivity contribution in [3.8, 4) is 0 Å². The van der Waals surface area contributed by atoms with Crippen LogP contribution in [0.2, 0.25) is 0 Å². The van der Waals surface area contributed by atoms with Gasteiger partial charge >= 0.3 is 0 Å². The second-order valence-corrected chi connectivity index (χ2v) is 6.17. The van der Waals surface area contributed by atoms with E-state index in [1.807, 2.05) is 0 Å². The van der Waals surface area contributed by atoms with E-state index >= 15 is 0 Å². The Bertz CT molecular complexity index is 836. The van der Waals surface area contributed by atoms with Crippen molar-refractivity contribution in [3.63, 3.8) is 0 Å². The molecule has 0 unspecified atom stereocenters. The van der Waals surface area contributed by atoms with Crippen LogP contribution in [0.15, 0.2) is 46.9 Å². The topological polar surface area (TPSA) is 66.5 Å². The Kier molecular flexibility index (Phi) is 4.44. The Hall–Kier alpha value is -2.54. The zero-order valence-electron chi connectivity index (χ0n) is 12.4. The van der Waals surface area contributed by atoms with Gasteiger partial charge in [0.15, 0.2) is 0 Å². The van der Waals surface area contributed by atoms with E-state index in [9.17, 15) is 18.8 Å². The van der Waals surface area contributed by atoms with E-state index in [0.717, 1.165) is 4.90 Å². The number of nitrogens with one attached hydrogen (secondary N) is 1. The second-order valence-electron chi connectivity index (χ2n) is 5.26. The lowest BCUT2D eigenvalue weighted by Crippen LogP contribution is -2.32. The molecule has 24 heavy (non-hydrogen) atoms. The third kappa shape index (κ3) is 3.21. The third-order valence-corrected chi connectivity index (χ3v) is 4.12. The number of hydrogen-bond acceptors (Lipinski definition) is 3. The van der Waals surface area contributed by atoms with E-state index in [-0.39, 0.29) is 18.9 Å². The SMILES string of the molecule is O=C(CCN1C(=O)c2ccc(Br)cc2C1=O)Nc1ccc(F)cc1. The summed E-state index contributed by atoms with van der Waals surface area (Å²) >= 11 is 3.26. The first kappa shape index (κ1) is 16.3. The van der Waals surface area contributed by atoms with Crippen LogP contribution in [0.1, 0.15) is 27.1 Å². The molecule has 3 amide bonds. The number of nitrogens with zero attached hydrogens (tertiary/aromatic N) is 1.